The van der Waals surface area contributed by atoms with E-state index in [1.165, 1.54) is 36.6 Å². The molecule has 3 rings (SSSR count). The first-order valence-electron chi connectivity index (χ1n) is 6.12. The number of hydrogen-bond acceptors (Lipinski definition) is 4. The van der Waals surface area contributed by atoms with Crippen LogP contribution in [0.15, 0.2) is 0 Å². The van der Waals surface area contributed by atoms with Crippen LogP contribution in [0, 0.1) is 0 Å². The van der Waals surface area contributed by atoms with E-state index in [9.17, 15) is 0 Å². The molecule has 2 aliphatic heterocycles. The van der Waals surface area contributed by atoms with Crippen molar-refractivity contribution >= 4 is 11.8 Å². The summed E-state index contributed by atoms with van der Waals surface area (Å²) in [5.74, 6) is 5.36. The van der Waals surface area contributed by atoms with Crippen LogP contribution in [0.3, 0.4) is 0 Å². The Morgan fingerprint density at radius 3 is 2.69 bits per heavy atom. The molecule has 2 aliphatic rings. The third-order valence-electron chi connectivity index (χ3n) is 3.62. The maximum atomic E-state index is 6.06. The minimum atomic E-state index is 0.105. The summed E-state index contributed by atoms with van der Waals surface area (Å²) in [6.07, 6.45) is 4.72. The van der Waals surface area contributed by atoms with E-state index in [0.29, 0.717) is 5.92 Å². The summed E-state index contributed by atoms with van der Waals surface area (Å²) in [5.41, 5.74) is 6.06. The Morgan fingerprint density at radius 1 is 1.12 bits per heavy atom. The second kappa shape index (κ2) is 4.37. The van der Waals surface area contributed by atoms with Gasteiger partial charge in [-0.25, -0.2) is 0 Å². The standard InChI is InChI=1S/C11H18N4S/c12-9-2-1-5-15-10(13-14-11(9)15)8-3-6-16-7-4-8/h8-9H,1-7,12H2. The van der Waals surface area contributed by atoms with Gasteiger partial charge in [0.05, 0.1) is 6.04 Å². The van der Waals surface area contributed by atoms with Crippen molar-refractivity contribution in [2.75, 3.05) is 11.5 Å². The predicted molar refractivity (Wildman–Crippen MR) is 65.5 cm³/mol. The second-order valence-electron chi connectivity index (χ2n) is 4.70. The average molecular weight is 238 g/mol. The Balaban J connectivity index is 1.89. The van der Waals surface area contributed by atoms with Gasteiger partial charge in [-0.05, 0) is 37.2 Å². The Labute approximate surface area is 100.0 Å². The van der Waals surface area contributed by atoms with E-state index in [1.54, 1.807) is 0 Å². The van der Waals surface area contributed by atoms with Gasteiger partial charge >= 0.3 is 0 Å². The van der Waals surface area contributed by atoms with Gasteiger partial charge in [0.25, 0.3) is 0 Å². The quantitative estimate of drug-likeness (QED) is 0.809. The fraction of sp³-hybridized carbons (Fsp3) is 0.818. The van der Waals surface area contributed by atoms with E-state index in [0.717, 1.165) is 18.8 Å². The van der Waals surface area contributed by atoms with Crippen LogP contribution in [0.25, 0.3) is 0 Å². The fourth-order valence-electron chi connectivity index (χ4n) is 2.69. The topological polar surface area (TPSA) is 56.7 Å². The molecule has 16 heavy (non-hydrogen) atoms. The van der Waals surface area contributed by atoms with Crippen molar-refractivity contribution in [3.63, 3.8) is 0 Å². The van der Waals surface area contributed by atoms with Crippen LogP contribution >= 0.6 is 11.8 Å². The molecule has 1 aromatic heterocycles. The molecule has 1 saturated heterocycles. The van der Waals surface area contributed by atoms with Crippen molar-refractivity contribution < 1.29 is 0 Å². The minimum Gasteiger partial charge on any atom is -0.321 e. The molecule has 1 aromatic rings. The molecule has 1 fully saturated rings. The molecule has 0 aliphatic carbocycles. The highest BCUT2D eigenvalue weighted by molar-refractivity contribution is 7.99. The lowest BCUT2D eigenvalue weighted by atomic mass is 10.0. The van der Waals surface area contributed by atoms with Crippen LogP contribution in [-0.4, -0.2) is 26.3 Å². The zero-order chi connectivity index (χ0) is 11.0. The molecule has 0 spiro atoms. The van der Waals surface area contributed by atoms with E-state index >= 15 is 0 Å². The predicted octanol–water partition coefficient (Wildman–Crippen LogP) is 1.68. The van der Waals surface area contributed by atoms with Crippen molar-refractivity contribution in [1.29, 1.82) is 0 Å². The van der Waals surface area contributed by atoms with E-state index in [4.69, 9.17) is 5.73 Å². The van der Waals surface area contributed by atoms with Crippen molar-refractivity contribution in [3.8, 4) is 0 Å². The van der Waals surface area contributed by atoms with Crippen LogP contribution < -0.4 is 5.73 Å². The summed E-state index contributed by atoms with van der Waals surface area (Å²) in [6.45, 7) is 1.06. The zero-order valence-electron chi connectivity index (χ0n) is 9.43. The average Bonchev–Trinajstić information content (AvgIpc) is 2.75. The van der Waals surface area contributed by atoms with Gasteiger partial charge in [0.15, 0.2) is 0 Å². The van der Waals surface area contributed by atoms with Gasteiger partial charge in [0.2, 0.25) is 0 Å². The Kier molecular flexibility index (Phi) is 2.90. The van der Waals surface area contributed by atoms with E-state index in [-0.39, 0.29) is 6.04 Å². The number of hydrogen-bond donors (Lipinski definition) is 1. The maximum Gasteiger partial charge on any atom is 0.149 e. The Bertz CT molecular complexity index is 370. The number of thioether (sulfide) groups is 1. The third-order valence-corrected chi connectivity index (χ3v) is 4.67. The number of rotatable bonds is 1. The summed E-state index contributed by atoms with van der Waals surface area (Å²) in [6, 6.07) is 0.105. The minimum absolute atomic E-state index is 0.105. The molecule has 0 bridgehead atoms. The third kappa shape index (κ3) is 1.76. The fourth-order valence-corrected chi connectivity index (χ4v) is 3.79. The summed E-state index contributed by atoms with van der Waals surface area (Å²) in [5, 5.41) is 8.69. The highest BCUT2D eigenvalue weighted by Gasteiger charge is 2.27. The molecule has 0 radical (unpaired) electrons. The monoisotopic (exact) mass is 238 g/mol. The first-order valence-corrected chi connectivity index (χ1v) is 7.28. The van der Waals surface area contributed by atoms with Crippen LogP contribution in [0.5, 0.6) is 0 Å². The zero-order valence-corrected chi connectivity index (χ0v) is 10.2. The summed E-state index contributed by atoms with van der Waals surface area (Å²) < 4.78 is 2.29. The molecule has 3 heterocycles. The van der Waals surface area contributed by atoms with Crippen LogP contribution in [-0.2, 0) is 6.54 Å². The Hall–Kier alpha value is -0.550. The molecular weight excluding hydrogens is 220 g/mol. The number of nitrogens with zero attached hydrogens (tertiary/aromatic N) is 3. The highest BCUT2D eigenvalue weighted by Crippen LogP contribution is 2.33. The first kappa shape index (κ1) is 10.6. The van der Waals surface area contributed by atoms with Crippen LogP contribution in [0.4, 0.5) is 0 Å². The molecule has 5 heteroatoms. The maximum absolute atomic E-state index is 6.06. The van der Waals surface area contributed by atoms with Gasteiger partial charge < -0.3 is 10.3 Å². The smallest absolute Gasteiger partial charge is 0.149 e. The molecule has 0 amide bonds. The Morgan fingerprint density at radius 2 is 1.88 bits per heavy atom. The van der Waals surface area contributed by atoms with Crippen molar-refractivity contribution in [2.45, 2.75) is 44.2 Å². The summed E-state index contributed by atoms with van der Waals surface area (Å²) in [4.78, 5) is 0. The van der Waals surface area contributed by atoms with Crippen molar-refractivity contribution in [1.82, 2.24) is 14.8 Å². The molecule has 2 N–H and O–H groups in total. The number of fused-ring (bicyclic) bond motifs is 1. The molecule has 0 aromatic carbocycles. The van der Waals surface area contributed by atoms with Gasteiger partial charge in [-0.3, -0.25) is 0 Å². The summed E-state index contributed by atoms with van der Waals surface area (Å²) in [7, 11) is 0. The van der Waals surface area contributed by atoms with Gasteiger partial charge in [-0.15, -0.1) is 10.2 Å². The second-order valence-corrected chi connectivity index (χ2v) is 5.93. The lowest BCUT2D eigenvalue weighted by molar-refractivity contribution is 0.429. The van der Waals surface area contributed by atoms with E-state index in [1.807, 2.05) is 0 Å². The molecule has 4 nitrogen and oxygen atoms in total. The lowest BCUT2D eigenvalue weighted by Crippen LogP contribution is -2.24. The largest absolute Gasteiger partial charge is 0.321 e. The van der Waals surface area contributed by atoms with Crippen LogP contribution in [0.2, 0.25) is 0 Å². The summed E-state index contributed by atoms with van der Waals surface area (Å²) >= 11 is 2.05. The lowest BCUT2D eigenvalue weighted by Gasteiger charge is -2.25. The van der Waals surface area contributed by atoms with Gasteiger partial charge in [0.1, 0.15) is 11.6 Å². The van der Waals surface area contributed by atoms with E-state index < -0.39 is 0 Å². The van der Waals surface area contributed by atoms with Gasteiger partial charge in [0, 0.05) is 12.5 Å². The highest BCUT2D eigenvalue weighted by atomic mass is 32.2. The molecule has 88 valence electrons. The molecule has 0 saturated carbocycles. The number of nitrogens with two attached hydrogens (primary N) is 1. The molecule has 1 atom stereocenters. The first-order chi connectivity index (χ1) is 7.86. The number of aromatic nitrogens is 3. The van der Waals surface area contributed by atoms with Crippen LogP contribution in [0.1, 0.15) is 49.3 Å². The van der Waals surface area contributed by atoms with Crippen molar-refractivity contribution in [2.24, 2.45) is 5.73 Å². The van der Waals surface area contributed by atoms with Gasteiger partial charge in [-0.1, -0.05) is 0 Å². The molecule has 1 unspecified atom stereocenters. The van der Waals surface area contributed by atoms with Gasteiger partial charge in [-0.2, -0.15) is 11.8 Å². The SMILES string of the molecule is NC1CCCn2c1nnc2C1CCSCC1. The van der Waals surface area contributed by atoms with Crippen molar-refractivity contribution in [3.05, 3.63) is 11.6 Å². The molecular formula is C11H18N4S. The normalized spacial score (nSPS) is 26.7. The van der Waals surface area contributed by atoms with E-state index in [2.05, 4.69) is 26.5 Å².